The standard InChI is InChI=1S/C4H11N.C4H8OS/c1-3-5-4-2;1-3(2)4(5)6/h5H,3-4H2,1-2H3;3H,1-2H3,(H,5,6). The second-order valence-electron chi connectivity index (χ2n) is 2.58. The Bertz CT molecular complexity index is 92.1. The predicted molar refractivity (Wildman–Crippen MR) is 50.2 cm³/mol. The van der Waals surface area contributed by atoms with Gasteiger partial charge < -0.3 is 22.7 Å². The number of quaternary nitrogens is 1. The van der Waals surface area contributed by atoms with Crippen molar-refractivity contribution >= 4 is 17.7 Å². The zero-order valence-electron chi connectivity index (χ0n) is 7.89. The van der Waals surface area contributed by atoms with Crippen molar-refractivity contribution in [2.45, 2.75) is 27.7 Å². The van der Waals surface area contributed by atoms with Gasteiger partial charge in [-0.3, -0.25) is 0 Å². The number of hydrogen-bond donors (Lipinski definition) is 1. The van der Waals surface area contributed by atoms with Crippen LogP contribution in [-0.2, 0) is 17.4 Å². The molecule has 2 nitrogen and oxygen atoms in total. The van der Waals surface area contributed by atoms with Crippen molar-refractivity contribution in [1.29, 1.82) is 0 Å². The molecule has 0 atom stereocenters. The molecule has 0 amide bonds. The maximum absolute atomic E-state index is 9.96. The van der Waals surface area contributed by atoms with Crippen molar-refractivity contribution in [3.8, 4) is 0 Å². The van der Waals surface area contributed by atoms with Gasteiger partial charge in [0.25, 0.3) is 0 Å². The minimum atomic E-state index is -0.157. The highest BCUT2D eigenvalue weighted by molar-refractivity contribution is 7.77. The monoisotopic (exact) mass is 177 g/mol. The summed E-state index contributed by atoms with van der Waals surface area (Å²) >= 11 is 4.26. The van der Waals surface area contributed by atoms with E-state index in [1.807, 2.05) is 0 Å². The first-order valence-electron chi connectivity index (χ1n) is 4.08. The van der Waals surface area contributed by atoms with Crippen molar-refractivity contribution in [2.24, 2.45) is 5.92 Å². The fourth-order valence-corrected chi connectivity index (χ4v) is 0.289. The number of carbonyl (C=O) groups is 1. The van der Waals surface area contributed by atoms with Crippen molar-refractivity contribution < 1.29 is 10.1 Å². The molecule has 0 aliphatic carbocycles. The van der Waals surface area contributed by atoms with Crippen molar-refractivity contribution in [1.82, 2.24) is 0 Å². The van der Waals surface area contributed by atoms with Gasteiger partial charge in [-0.05, 0) is 19.8 Å². The van der Waals surface area contributed by atoms with Crippen LogP contribution in [0.4, 0.5) is 0 Å². The Hall–Kier alpha value is -0.150. The topological polar surface area (TPSA) is 33.7 Å². The molecule has 0 aromatic heterocycles. The van der Waals surface area contributed by atoms with Gasteiger partial charge in [-0.25, -0.2) is 0 Å². The highest BCUT2D eigenvalue weighted by Crippen LogP contribution is 1.88. The molecule has 0 heterocycles. The highest BCUT2D eigenvalue weighted by Gasteiger charge is 1.86. The Kier molecular flexibility index (Phi) is 12.0. The minimum absolute atomic E-state index is 0.0278. The summed E-state index contributed by atoms with van der Waals surface area (Å²) in [6, 6.07) is 0. The van der Waals surface area contributed by atoms with Crippen LogP contribution in [0.15, 0.2) is 0 Å². The Morgan fingerprint density at radius 3 is 1.64 bits per heavy atom. The summed E-state index contributed by atoms with van der Waals surface area (Å²) < 4.78 is 0. The van der Waals surface area contributed by atoms with Crippen LogP contribution in [0, 0.1) is 5.92 Å². The van der Waals surface area contributed by atoms with E-state index in [-0.39, 0.29) is 11.0 Å². The molecule has 0 saturated heterocycles. The summed E-state index contributed by atoms with van der Waals surface area (Å²) in [5.74, 6) is 0.0278. The zero-order chi connectivity index (χ0) is 9.28. The molecule has 0 aromatic carbocycles. The quantitative estimate of drug-likeness (QED) is 0.629. The van der Waals surface area contributed by atoms with E-state index in [2.05, 4.69) is 31.8 Å². The molecule has 0 rings (SSSR count). The lowest BCUT2D eigenvalue weighted by Gasteiger charge is -2.03. The molecule has 2 N–H and O–H groups in total. The lowest BCUT2D eigenvalue weighted by molar-refractivity contribution is -0.648. The number of hydrogen-bond acceptors (Lipinski definition) is 2. The summed E-state index contributed by atoms with van der Waals surface area (Å²) in [5.41, 5.74) is 0. The number of rotatable bonds is 3. The lowest BCUT2D eigenvalue weighted by atomic mass is 10.3. The molecule has 0 fully saturated rings. The molecular weight excluding hydrogens is 158 g/mol. The molecule has 0 saturated carbocycles. The average Bonchev–Trinajstić information content (AvgIpc) is 1.90. The maximum atomic E-state index is 9.96. The second-order valence-corrected chi connectivity index (χ2v) is 2.98. The van der Waals surface area contributed by atoms with Gasteiger partial charge >= 0.3 is 0 Å². The summed E-state index contributed by atoms with van der Waals surface area (Å²) in [5, 5.41) is 2.09. The predicted octanol–water partition coefficient (Wildman–Crippen LogP) is 0.305. The third-order valence-electron chi connectivity index (χ3n) is 1.05. The van der Waals surface area contributed by atoms with E-state index < -0.39 is 0 Å². The van der Waals surface area contributed by atoms with Crippen LogP contribution in [0.25, 0.3) is 0 Å². The van der Waals surface area contributed by atoms with E-state index in [1.54, 1.807) is 13.8 Å². The molecule has 0 unspecified atom stereocenters. The zero-order valence-corrected chi connectivity index (χ0v) is 8.70. The van der Waals surface area contributed by atoms with Gasteiger partial charge in [-0.15, -0.1) is 0 Å². The molecule has 0 aliphatic heterocycles. The summed E-state index contributed by atoms with van der Waals surface area (Å²) in [4.78, 5) is 9.96. The molecule has 0 aliphatic rings. The second kappa shape index (κ2) is 9.85. The van der Waals surface area contributed by atoms with Gasteiger partial charge in [0.2, 0.25) is 0 Å². The molecule has 3 heteroatoms. The Morgan fingerprint density at radius 1 is 1.36 bits per heavy atom. The van der Waals surface area contributed by atoms with Gasteiger partial charge in [0.1, 0.15) is 0 Å². The first kappa shape index (κ1) is 13.4. The van der Waals surface area contributed by atoms with Crippen LogP contribution in [-0.4, -0.2) is 18.2 Å². The molecule has 68 valence electrons. The van der Waals surface area contributed by atoms with Crippen LogP contribution in [0.3, 0.4) is 0 Å². The van der Waals surface area contributed by atoms with Crippen molar-refractivity contribution in [2.75, 3.05) is 13.1 Å². The first-order chi connectivity index (χ1) is 5.06. The van der Waals surface area contributed by atoms with Gasteiger partial charge in [-0.1, -0.05) is 13.8 Å². The smallest absolute Gasteiger partial charge is 0.0726 e. The van der Waals surface area contributed by atoms with Crippen LogP contribution in [0.5, 0.6) is 0 Å². The minimum Gasteiger partial charge on any atom is -0.742 e. The van der Waals surface area contributed by atoms with E-state index in [4.69, 9.17) is 0 Å². The van der Waals surface area contributed by atoms with E-state index in [1.165, 1.54) is 13.1 Å². The maximum Gasteiger partial charge on any atom is 0.0726 e. The van der Waals surface area contributed by atoms with E-state index in [0.717, 1.165) is 0 Å². The average molecular weight is 177 g/mol. The third-order valence-corrected chi connectivity index (χ3v) is 1.52. The first-order valence-corrected chi connectivity index (χ1v) is 4.49. The van der Waals surface area contributed by atoms with E-state index in [0.29, 0.717) is 0 Å². The fraction of sp³-hybridized carbons (Fsp3) is 0.875. The molecule has 11 heavy (non-hydrogen) atoms. The summed E-state index contributed by atoms with van der Waals surface area (Å²) in [6.07, 6.45) is 0. The largest absolute Gasteiger partial charge is 0.742 e. The van der Waals surface area contributed by atoms with Crippen molar-refractivity contribution in [3.63, 3.8) is 0 Å². The van der Waals surface area contributed by atoms with Crippen LogP contribution in [0.2, 0.25) is 0 Å². The van der Waals surface area contributed by atoms with Gasteiger partial charge in [0, 0.05) is 5.12 Å². The van der Waals surface area contributed by atoms with Gasteiger partial charge in [-0.2, -0.15) is 0 Å². The summed E-state index contributed by atoms with van der Waals surface area (Å²) in [6.45, 7) is 10.3. The highest BCUT2D eigenvalue weighted by atomic mass is 32.1. The lowest BCUT2D eigenvalue weighted by Crippen LogP contribution is -2.82. The van der Waals surface area contributed by atoms with E-state index >= 15 is 0 Å². The summed E-state index contributed by atoms with van der Waals surface area (Å²) in [7, 11) is 0. The molecule has 0 bridgehead atoms. The van der Waals surface area contributed by atoms with Crippen LogP contribution < -0.4 is 5.32 Å². The number of carbonyl (C=O) groups excluding carboxylic acids is 1. The Labute approximate surface area is 75.2 Å². The van der Waals surface area contributed by atoms with Gasteiger partial charge in [0.05, 0.1) is 13.1 Å². The van der Waals surface area contributed by atoms with Crippen LogP contribution in [0.1, 0.15) is 27.7 Å². The Morgan fingerprint density at radius 2 is 1.64 bits per heavy atom. The molecule has 0 radical (unpaired) electrons. The van der Waals surface area contributed by atoms with E-state index in [9.17, 15) is 4.79 Å². The Balaban J connectivity index is 0. The molecule has 0 aromatic rings. The third kappa shape index (κ3) is 17.7. The SMILES string of the molecule is CC(C)C(=O)[S-].CC[NH2+]CC. The van der Waals surface area contributed by atoms with Crippen LogP contribution >= 0.6 is 0 Å². The van der Waals surface area contributed by atoms with Crippen molar-refractivity contribution in [3.05, 3.63) is 0 Å². The normalized spacial score (nSPS) is 8.82. The molecule has 0 spiro atoms. The molecular formula is C8H19NOS. The van der Waals surface area contributed by atoms with Gasteiger partial charge in [0.15, 0.2) is 0 Å². The number of nitrogens with two attached hydrogens (primary N) is 1. The fourth-order valence-electron chi connectivity index (χ4n) is 0.289.